The van der Waals surface area contributed by atoms with Gasteiger partial charge in [0.2, 0.25) is 0 Å². The Morgan fingerprint density at radius 2 is 2.08 bits per heavy atom. The zero-order chi connectivity index (χ0) is 17.2. The third-order valence-electron chi connectivity index (χ3n) is 4.55. The molecule has 0 radical (unpaired) electrons. The Hall–Kier alpha value is -2.61. The lowest BCUT2D eigenvalue weighted by atomic mass is 9.93. The number of aromatic nitrogens is 5. The van der Waals surface area contributed by atoms with Gasteiger partial charge in [-0.15, -0.1) is 11.3 Å². The monoisotopic (exact) mass is 354 g/mol. The summed E-state index contributed by atoms with van der Waals surface area (Å²) in [6, 6.07) is 0. The minimum Gasteiger partial charge on any atom is -0.338 e. The molecular weight excluding hydrogens is 336 g/mol. The Labute approximate surface area is 149 Å². The summed E-state index contributed by atoms with van der Waals surface area (Å²) in [5, 5.41) is 0. The first-order valence-corrected chi connectivity index (χ1v) is 9.10. The first-order chi connectivity index (χ1) is 12.2. The number of imidazole rings is 1. The van der Waals surface area contributed by atoms with Gasteiger partial charge in [0, 0.05) is 37.6 Å². The van der Waals surface area contributed by atoms with Crippen molar-refractivity contribution in [2.24, 2.45) is 0 Å². The van der Waals surface area contributed by atoms with E-state index in [1.165, 1.54) is 11.3 Å². The van der Waals surface area contributed by atoms with Crippen LogP contribution in [0.2, 0.25) is 0 Å². The lowest BCUT2D eigenvalue weighted by Gasteiger charge is -2.31. The quantitative estimate of drug-likeness (QED) is 0.722. The molecule has 4 rings (SSSR count). The second kappa shape index (κ2) is 6.72. The smallest absolute Gasteiger partial charge is 0.265 e. The molecule has 0 bridgehead atoms. The Kier molecular flexibility index (Phi) is 4.27. The van der Waals surface area contributed by atoms with Crippen LogP contribution in [0.5, 0.6) is 0 Å². The van der Waals surface area contributed by atoms with E-state index in [1.54, 1.807) is 24.2 Å². The number of hydrogen-bond donors (Lipinski definition) is 0. The van der Waals surface area contributed by atoms with Crippen molar-refractivity contribution in [2.75, 3.05) is 13.1 Å². The Morgan fingerprint density at radius 3 is 2.76 bits per heavy atom. The van der Waals surface area contributed by atoms with Gasteiger partial charge in [-0.2, -0.15) is 0 Å². The number of piperidine rings is 1. The van der Waals surface area contributed by atoms with Gasteiger partial charge in [0.25, 0.3) is 5.91 Å². The number of aryl methyl sites for hydroxylation is 1. The summed E-state index contributed by atoms with van der Waals surface area (Å²) in [5.74, 6) is 1.19. The topological polar surface area (TPSA) is 76.8 Å². The highest BCUT2D eigenvalue weighted by molar-refractivity contribution is 7.11. The lowest BCUT2D eigenvalue weighted by Crippen LogP contribution is -2.38. The molecule has 128 valence electrons. The van der Waals surface area contributed by atoms with Crippen LogP contribution in [0.4, 0.5) is 0 Å². The molecule has 7 nitrogen and oxygen atoms in total. The fourth-order valence-electron chi connectivity index (χ4n) is 3.12. The van der Waals surface area contributed by atoms with Gasteiger partial charge in [0.1, 0.15) is 11.2 Å². The minimum absolute atomic E-state index is 0.0942. The zero-order valence-corrected chi connectivity index (χ0v) is 14.7. The van der Waals surface area contributed by atoms with E-state index < -0.39 is 0 Å². The highest BCUT2D eigenvalue weighted by Crippen LogP contribution is 2.28. The first kappa shape index (κ1) is 15.9. The van der Waals surface area contributed by atoms with E-state index in [0.717, 1.165) is 48.0 Å². The van der Waals surface area contributed by atoms with E-state index in [2.05, 4.69) is 15.0 Å². The van der Waals surface area contributed by atoms with Crippen molar-refractivity contribution >= 4 is 17.2 Å². The third-order valence-corrected chi connectivity index (χ3v) is 5.47. The van der Waals surface area contributed by atoms with Gasteiger partial charge in [-0.1, -0.05) is 0 Å². The molecule has 1 aliphatic heterocycles. The number of carbonyl (C=O) groups excluding carboxylic acids is 1. The van der Waals surface area contributed by atoms with Crippen LogP contribution in [0.25, 0.3) is 5.82 Å². The minimum atomic E-state index is 0.0942. The molecule has 0 spiro atoms. The van der Waals surface area contributed by atoms with Crippen molar-refractivity contribution in [3.8, 4) is 5.82 Å². The molecule has 3 aromatic heterocycles. The molecule has 0 aliphatic carbocycles. The number of amides is 1. The maximum atomic E-state index is 12.6. The van der Waals surface area contributed by atoms with Gasteiger partial charge >= 0.3 is 0 Å². The fraction of sp³-hybridized carbons (Fsp3) is 0.353. The van der Waals surface area contributed by atoms with E-state index in [9.17, 15) is 4.79 Å². The molecule has 0 saturated carbocycles. The molecular formula is C17H18N6OS. The Morgan fingerprint density at radius 1 is 1.24 bits per heavy atom. The summed E-state index contributed by atoms with van der Waals surface area (Å²) in [7, 11) is 0. The molecule has 8 heteroatoms. The van der Waals surface area contributed by atoms with Crippen LogP contribution in [-0.4, -0.2) is 48.4 Å². The summed E-state index contributed by atoms with van der Waals surface area (Å²) < 4.78 is 1.85. The maximum absolute atomic E-state index is 12.6. The van der Waals surface area contributed by atoms with Gasteiger partial charge in [0.05, 0.1) is 23.1 Å². The summed E-state index contributed by atoms with van der Waals surface area (Å²) >= 11 is 1.42. The van der Waals surface area contributed by atoms with Crippen LogP contribution < -0.4 is 0 Å². The molecule has 0 atom stereocenters. The Bertz CT molecular complexity index is 867. The Balaban J connectivity index is 1.45. The molecule has 1 aliphatic rings. The SMILES string of the molecule is Cc1ncsc1C(=O)N1CCC(c2cncc(-n3ccnc3)n2)CC1. The average Bonchev–Trinajstić information content (AvgIpc) is 3.33. The van der Waals surface area contributed by atoms with Gasteiger partial charge in [-0.3, -0.25) is 14.3 Å². The van der Waals surface area contributed by atoms with Crippen LogP contribution in [0.1, 0.15) is 39.8 Å². The fourth-order valence-corrected chi connectivity index (χ4v) is 3.88. The van der Waals surface area contributed by atoms with E-state index in [1.807, 2.05) is 28.8 Å². The number of thiazole rings is 1. The van der Waals surface area contributed by atoms with Crippen LogP contribution in [0.15, 0.2) is 36.6 Å². The van der Waals surface area contributed by atoms with E-state index in [-0.39, 0.29) is 5.91 Å². The molecule has 0 N–H and O–H groups in total. The number of nitrogens with zero attached hydrogens (tertiary/aromatic N) is 6. The van der Waals surface area contributed by atoms with Crippen molar-refractivity contribution in [3.63, 3.8) is 0 Å². The normalized spacial score (nSPS) is 15.5. The molecule has 0 aromatic carbocycles. The summed E-state index contributed by atoms with van der Waals surface area (Å²) in [4.78, 5) is 32.5. The van der Waals surface area contributed by atoms with Crippen molar-refractivity contribution in [1.29, 1.82) is 0 Å². The predicted molar refractivity (Wildman–Crippen MR) is 93.9 cm³/mol. The van der Waals surface area contributed by atoms with Gasteiger partial charge in [-0.05, 0) is 19.8 Å². The van der Waals surface area contributed by atoms with Crippen LogP contribution in [0, 0.1) is 6.92 Å². The highest BCUT2D eigenvalue weighted by Gasteiger charge is 2.27. The van der Waals surface area contributed by atoms with Crippen molar-refractivity contribution in [3.05, 3.63) is 52.9 Å². The van der Waals surface area contributed by atoms with Crippen LogP contribution in [0.3, 0.4) is 0 Å². The molecule has 4 heterocycles. The van der Waals surface area contributed by atoms with Crippen molar-refractivity contribution in [2.45, 2.75) is 25.7 Å². The predicted octanol–water partition coefficient (Wildman–Crippen LogP) is 2.45. The second-order valence-electron chi connectivity index (χ2n) is 6.11. The first-order valence-electron chi connectivity index (χ1n) is 8.22. The number of hydrogen-bond acceptors (Lipinski definition) is 6. The van der Waals surface area contributed by atoms with Crippen LogP contribution in [-0.2, 0) is 0 Å². The highest BCUT2D eigenvalue weighted by atomic mass is 32.1. The molecule has 1 fully saturated rings. The largest absolute Gasteiger partial charge is 0.338 e. The molecule has 1 amide bonds. The summed E-state index contributed by atoms with van der Waals surface area (Å²) in [6.07, 6.45) is 10.6. The number of rotatable bonds is 3. The second-order valence-corrected chi connectivity index (χ2v) is 6.96. The zero-order valence-electron chi connectivity index (χ0n) is 13.9. The molecule has 3 aromatic rings. The molecule has 1 saturated heterocycles. The maximum Gasteiger partial charge on any atom is 0.265 e. The standard InChI is InChI=1S/C17H18N6OS/c1-12-16(25-11-20-12)17(24)22-5-2-13(3-6-22)14-8-19-9-15(21-14)23-7-4-18-10-23/h4,7-11,13H,2-3,5-6H2,1H3. The molecule has 25 heavy (non-hydrogen) atoms. The van der Waals surface area contributed by atoms with Gasteiger partial charge in [0.15, 0.2) is 5.82 Å². The van der Waals surface area contributed by atoms with Gasteiger partial charge in [-0.25, -0.2) is 15.0 Å². The van der Waals surface area contributed by atoms with E-state index in [4.69, 9.17) is 4.98 Å². The van der Waals surface area contributed by atoms with Crippen molar-refractivity contribution in [1.82, 2.24) is 29.4 Å². The van der Waals surface area contributed by atoms with Gasteiger partial charge < -0.3 is 4.90 Å². The van der Waals surface area contributed by atoms with Crippen molar-refractivity contribution < 1.29 is 4.79 Å². The third kappa shape index (κ3) is 3.17. The average molecular weight is 354 g/mol. The summed E-state index contributed by atoms with van der Waals surface area (Å²) in [5.41, 5.74) is 3.52. The van der Waals surface area contributed by atoms with E-state index in [0.29, 0.717) is 5.92 Å². The van der Waals surface area contributed by atoms with Crippen LogP contribution >= 0.6 is 11.3 Å². The summed E-state index contributed by atoms with van der Waals surface area (Å²) in [6.45, 7) is 3.35. The van der Waals surface area contributed by atoms with E-state index >= 15 is 0 Å². The lowest BCUT2D eigenvalue weighted by molar-refractivity contribution is 0.0716. The number of carbonyl (C=O) groups is 1. The number of likely N-dealkylation sites (tertiary alicyclic amines) is 1. The molecule has 0 unspecified atom stereocenters.